The van der Waals surface area contributed by atoms with Crippen LogP contribution in [0.2, 0.25) is 0 Å². The molecule has 128 valence electrons. The Morgan fingerprint density at radius 3 is 2.33 bits per heavy atom. The minimum atomic E-state index is -4.57. The van der Waals surface area contributed by atoms with Gasteiger partial charge in [-0.3, -0.25) is 4.79 Å². The summed E-state index contributed by atoms with van der Waals surface area (Å²) in [7, 11) is 0. The van der Waals surface area contributed by atoms with E-state index >= 15 is 0 Å². The number of halogens is 5. The highest BCUT2D eigenvalue weighted by atomic mass is 19.4. The number of benzene rings is 1. The van der Waals surface area contributed by atoms with E-state index in [0.29, 0.717) is 0 Å². The second-order valence-corrected chi connectivity index (χ2v) is 4.68. The molecule has 2 N–H and O–H groups in total. The molecule has 0 bridgehead atoms. The molecule has 0 aliphatic carbocycles. The molecular weight excluding hydrogens is 333 g/mol. The van der Waals surface area contributed by atoms with Crippen LogP contribution in [0.3, 0.4) is 0 Å². The van der Waals surface area contributed by atoms with Gasteiger partial charge in [0.25, 0.3) is 5.91 Å². The van der Waals surface area contributed by atoms with Crippen molar-refractivity contribution >= 4 is 11.7 Å². The minimum absolute atomic E-state index is 0.109. The van der Waals surface area contributed by atoms with Crippen LogP contribution >= 0.6 is 0 Å². The molecule has 1 aromatic heterocycles. The first-order chi connectivity index (χ1) is 11.3. The molecule has 0 aliphatic rings. The van der Waals surface area contributed by atoms with Gasteiger partial charge in [0.05, 0.1) is 5.56 Å². The van der Waals surface area contributed by atoms with Crippen LogP contribution in [0.1, 0.15) is 15.9 Å². The molecule has 0 fully saturated rings. The Kier molecular flexibility index (Phi) is 5.32. The van der Waals surface area contributed by atoms with E-state index in [9.17, 15) is 26.7 Å². The van der Waals surface area contributed by atoms with Crippen molar-refractivity contribution in [3.05, 3.63) is 59.3 Å². The molecule has 0 spiro atoms. The van der Waals surface area contributed by atoms with Gasteiger partial charge >= 0.3 is 6.18 Å². The molecule has 0 saturated heterocycles. The van der Waals surface area contributed by atoms with Crippen molar-refractivity contribution < 1.29 is 26.7 Å². The number of alkyl halides is 3. The SMILES string of the molecule is O=C(NCCNc1ncccc1C(F)(F)F)c1c(F)cccc1F. The summed E-state index contributed by atoms with van der Waals surface area (Å²) in [5.74, 6) is -3.44. The summed E-state index contributed by atoms with van der Waals surface area (Å²) in [5.41, 5.74) is -1.69. The van der Waals surface area contributed by atoms with Crippen molar-refractivity contribution in [3.63, 3.8) is 0 Å². The number of hydrogen-bond donors (Lipinski definition) is 2. The maximum absolute atomic E-state index is 13.4. The van der Waals surface area contributed by atoms with Crippen molar-refractivity contribution in [1.29, 1.82) is 0 Å². The second-order valence-electron chi connectivity index (χ2n) is 4.68. The Balaban J connectivity index is 1.94. The van der Waals surface area contributed by atoms with E-state index in [4.69, 9.17) is 0 Å². The molecule has 1 heterocycles. The fourth-order valence-corrected chi connectivity index (χ4v) is 1.93. The molecule has 0 atom stereocenters. The number of aromatic nitrogens is 1. The van der Waals surface area contributed by atoms with Gasteiger partial charge in [0.2, 0.25) is 0 Å². The van der Waals surface area contributed by atoms with Gasteiger partial charge in [0.1, 0.15) is 23.0 Å². The fourth-order valence-electron chi connectivity index (χ4n) is 1.93. The first kappa shape index (κ1) is 17.6. The zero-order valence-electron chi connectivity index (χ0n) is 12.1. The molecule has 1 aromatic carbocycles. The topological polar surface area (TPSA) is 54.0 Å². The third-order valence-corrected chi connectivity index (χ3v) is 3.01. The molecular formula is C15H12F5N3O. The number of rotatable bonds is 5. The Labute approximate surface area is 133 Å². The van der Waals surface area contributed by atoms with Crippen molar-refractivity contribution in [3.8, 4) is 0 Å². The predicted molar refractivity (Wildman–Crippen MR) is 76.4 cm³/mol. The molecule has 4 nitrogen and oxygen atoms in total. The number of carbonyl (C=O) groups is 1. The lowest BCUT2D eigenvalue weighted by molar-refractivity contribution is -0.137. The van der Waals surface area contributed by atoms with E-state index in [1.165, 1.54) is 6.20 Å². The monoisotopic (exact) mass is 345 g/mol. The van der Waals surface area contributed by atoms with Gasteiger partial charge in [-0.2, -0.15) is 13.2 Å². The summed E-state index contributed by atoms with van der Waals surface area (Å²) in [6.07, 6.45) is -3.39. The number of nitrogens with zero attached hydrogens (tertiary/aromatic N) is 1. The fraction of sp³-hybridized carbons (Fsp3) is 0.200. The van der Waals surface area contributed by atoms with Crippen LogP contribution in [0.4, 0.5) is 27.8 Å². The van der Waals surface area contributed by atoms with E-state index < -0.39 is 40.7 Å². The summed E-state index contributed by atoms with van der Waals surface area (Å²) in [5, 5.41) is 4.64. The highest BCUT2D eigenvalue weighted by Crippen LogP contribution is 2.33. The summed E-state index contributed by atoms with van der Waals surface area (Å²) < 4.78 is 65.1. The van der Waals surface area contributed by atoms with Gasteiger partial charge in [-0.15, -0.1) is 0 Å². The summed E-state index contributed by atoms with van der Waals surface area (Å²) >= 11 is 0. The van der Waals surface area contributed by atoms with Gasteiger partial charge in [0, 0.05) is 19.3 Å². The minimum Gasteiger partial charge on any atom is -0.368 e. The summed E-state index contributed by atoms with van der Waals surface area (Å²) in [6.45, 7) is -0.262. The molecule has 0 saturated carbocycles. The second kappa shape index (κ2) is 7.24. The lowest BCUT2D eigenvalue weighted by Crippen LogP contribution is -2.30. The van der Waals surface area contributed by atoms with Gasteiger partial charge in [0.15, 0.2) is 0 Å². The first-order valence-electron chi connectivity index (χ1n) is 6.79. The van der Waals surface area contributed by atoms with Crippen LogP contribution in [-0.2, 0) is 6.18 Å². The van der Waals surface area contributed by atoms with Gasteiger partial charge in [-0.1, -0.05) is 6.07 Å². The third kappa shape index (κ3) is 4.18. The zero-order valence-corrected chi connectivity index (χ0v) is 12.1. The van der Waals surface area contributed by atoms with Crippen LogP contribution in [0, 0.1) is 11.6 Å². The molecule has 0 aliphatic heterocycles. The maximum atomic E-state index is 13.4. The van der Waals surface area contributed by atoms with Crippen molar-refractivity contribution in [2.45, 2.75) is 6.18 Å². The van der Waals surface area contributed by atoms with Gasteiger partial charge in [-0.05, 0) is 24.3 Å². The number of anilines is 1. The quantitative estimate of drug-likeness (QED) is 0.646. The lowest BCUT2D eigenvalue weighted by Gasteiger charge is -2.13. The van der Waals surface area contributed by atoms with Crippen molar-refractivity contribution in [2.75, 3.05) is 18.4 Å². The molecule has 1 amide bonds. The number of amides is 1. The molecule has 24 heavy (non-hydrogen) atoms. The van der Waals surface area contributed by atoms with Crippen molar-refractivity contribution in [1.82, 2.24) is 10.3 Å². The average molecular weight is 345 g/mol. The Bertz CT molecular complexity index is 713. The molecule has 0 radical (unpaired) electrons. The zero-order chi connectivity index (χ0) is 17.7. The van der Waals surface area contributed by atoms with E-state index in [1.54, 1.807) is 0 Å². The Hall–Kier alpha value is -2.71. The van der Waals surface area contributed by atoms with E-state index in [-0.39, 0.29) is 13.1 Å². The highest BCUT2D eigenvalue weighted by Gasteiger charge is 2.33. The third-order valence-electron chi connectivity index (χ3n) is 3.01. The van der Waals surface area contributed by atoms with Crippen molar-refractivity contribution in [2.24, 2.45) is 0 Å². The number of hydrogen-bond acceptors (Lipinski definition) is 3. The summed E-state index contributed by atoms with van der Waals surface area (Å²) in [6, 6.07) is 4.99. The predicted octanol–water partition coefficient (Wildman–Crippen LogP) is 3.22. The largest absolute Gasteiger partial charge is 0.419 e. The van der Waals surface area contributed by atoms with Crippen LogP contribution in [-0.4, -0.2) is 24.0 Å². The standard InChI is InChI=1S/C15H12F5N3O/c16-10-4-1-5-11(17)12(10)14(24)23-8-7-22-13-9(15(18,19)20)3-2-6-21-13/h1-6H,7-8H2,(H,21,22)(H,23,24). The van der Waals surface area contributed by atoms with Crippen LogP contribution < -0.4 is 10.6 Å². The average Bonchev–Trinajstić information content (AvgIpc) is 2.51. The van der Waals surface area contributed by atoms with E-state index in [1.807, 2.05) is 0 Å². The summed E-state index contributed by atoms with van der Waals surface area (Å²) in [4.78, 5) is 15.3. The highest BCUT2D eigenvalue weighted by molar-refractivity contribution is 5.94. The molecule has 0 unspecified atom stereocenters. The van der Waals surface area contributed by atoms with Gasteiger partial charge in [-0.25, -0.2) is 13.8 Å². The van der Waals surface area contributed by atoms with Gasteiger partial charge < -0.3 is 10.6 Å². The van der Waals surface area contributed by atoms with E-state index in [2.05, 4.69) is 15.6 Å². The lowest BCUT2D eigenvalue weighted by atomic mass is 10.2. The van der Waals surface area contributed by atoms with Crippen LogP contribution in [0.25, 0.3) is 0 Å². The molecule has 2 rings (SSSR count). The number of nitrogens with one attached hydrogen (secondary N) is 2. The van der Waals surface area contributed by atoms with E-state index in [0.717, 1.165) is 30.3 Å². The number of carbonyl (C=O) groups excluding carboxylic acids is 1. The van der Waals surface area contributed by atoms with Crippen LogP contribution in [0.15, 0.2) is 36.5 Å². The van der Waals surface area contributed by atoms with Crippen LogP contribution in [0.5, 0.6) is 0 Å². The molecule has 2 aromatic rings. The normalized spacial score (nSPS) is 11.2. The first-order valence-corrected chi connectivity index (χ1v) is 6.79. The number of pyridine rings is 1. The molecule has 9 heteroatoms. The Morgan fingerprint density at radius 1 is 1.04 bits per heavy atom. The maximum Gasteiger partial charge on any atom is 0.419 e. The smallest absolute Gasteiger partial charge is 0.368 e. The Morgan fingerprint density at radius 2 is 1.71 bits per heavy atom.